The van der Waals surface area contributed by atoms with Crippen molar-refractivity contribution in [2.24, 2.45) is 0 Å². The van der Waals surface area contributed by atoms with Crippen molar-refractivity contribution in [3.8, 4) is 0 Å². The number of hydrogen-bond donors (Lipinski definition) is 1. The first-order valence-corrected chi connectivity index (χ1v) is 5.79. The molecule has 0 aliphatic carbocycles. The molecule has 0 aromatic rings. The van der Waals surface area contributed by atoms with Gasteiger partial charge in [0.05, 0.1) is 0 Å². The highest BCUT2D eigenvalue weighted by Crippen LogP contribution is 2.02. The molecule has 0 radical (unpaired) electrons. The lowest BCUT2D eigenvalue weighted by molar-refractivity contribution is -0.349. The second-order valence-electron chi connectivity index (χ2n) is 3.63. The van der Waals surface area contributed by atoms with E-state index in [4.69, 9.17) is 14.7 Å². The molecule has 19 heavy (non-hydrogen) atoms. The van der Waals surface area contributed by atoms with Crippen LogP contribution in [0.15, 0.2) is 24.3 Å². The van der Waals surface area contributed by atoms with E-state index < -0.39 is 18.2 Å². The molecule has 0 bridgehead atoms. The summed E-state index contributed by atoms with van der Waals surface area (Å²) in [6.45, 7) is 13.8. The van der Waals surface area contributed by atoms with Gasteiger partial charge in [0, 0.05) is 17.8 Å². The molecule has 0 saturated carbocycles. The van der Waals surface area contributed by atoms with Crippen molar-refractivity contribution in [1.82, 2.24) is 0 Å². The summed E-state index contributed by atoms with van der Waals surface area (Å²) >= 11 is 0. The number of hydrogen-bond acceptors (Lipinski definition) is 5. The third kappa shape index (κ3) is 12.6. The van der Waals surface area contributed by atoms with Crippen LogP contribution in [0.4, 0.5) is 0 Å². The van der Waals surface area contributed by atoms with Crippen LogP contribution in [0.5, 0.6) is 0 Å². The van der Waals surface area contributed by atoms with Crippen molar-refractivity contribution < 1.29 is 29.2 Å². The summed E-state index contributed by atoms with van der Waals surface area (Å²) < 4.78 is 5.09. The topological polar surface area (TPSA) is 82.1 Å². The van der Waals surface area contributed by atoms with Gasteiger partial charge in [0.2, 0.25) is 6.29 Å². The largest absolute Gasteiger partial charge is 0.478 e. The average molecular weight is 274 g/mol. The fourth-order valence-corrected chi connectivity index (χ4v) is 0.568. The molecule has 1 N–H and O–H groups in total. The van der Waals surface area contributed by atoms with Crippen LogP contribution in [0.2, 0.25) is 0 Å². The van der Waals surface area contributed by atoms with E-state index in [1.54, 1.807) is 6.92 Å². The van der Waals surface area contributed by atoms with E-state index in [1.165, 1.54) is 6.92 Å². The number of rotatable bonds is 7. The van der Waals surface area contributed by atoms with Crippen LogP contribution >= 0.6 is 0 Å². The van der Waals surface area contributed by atoms with Gasteiger partial charge in [-0.2, -0.15) is 4.89 Å². The first kappa shape index (κ1) is 19.7. The summed E-state index contributed by atoms with van der Waals surface area (Å²) in [4.78, 5) is 29.6. The summed E-state index contributed by atoms with van der Waals surface area (Å²) in [6.07, 6.45) is 0.130. The molecule has 0 aromatic heterocycles. The Bertz CT molecular complexity index is 309. The molecular formula is C13H22O6. The maximum atomic E-state index is 10.9. The SMILES string of the molecule is C=C(C)C(=O)O.C=C(C)C(=O)OOC(CC)OCC. The van der Waals surface area contributed by atoms with Gasteiger partial charge in [-0.3, -0.25) is 4.89 Å². The van der Waals surface area contributed by atoms with Gasteiger partial charge in [-0.1, -0.05) is 20.1 Å². The molecule has 6 heteroatoms. The van der Waals surface area contributed by atoms with Crippen LogP contribution in [-0.2, 0) is 24.1 Å². The van der Waals surface area contributed by atoms with Crippen LogP contribution in [-0.4, -0.2) is 29.9 Å². The summed E-state index contributed by atoms with van der Waals surface area (Å²) in [7, 11) is 0. The van der Waals surface area contributed by atoms with Crippen molar-refractivity contribution in [1.29, 1.82) is 0 Å². The molecule has 110 valence electrons. The highest BCUT2D eigenvalue weighted by atomic mass is 17.2. The average Bonchev–Trinajstić information content (AvgIpc) is 2.34. The predicted molar refractivity (Wildman–Crippen MR) is 70.1 cm³/mol. The third-order valence-electron chi connectivity index (χ3n) is 1.63. The number of carbonyl (C=O) groups is 2. The Morgan fingerprint density at radius 3 is 1.89 bits per heavy atom. The molecule has 0 fully saturated rings. The van der Waals surface area contributed by atoms with Crippen LogP contribution in [0.3, 0.4) is 0 Å². The first-order valence-electron chi connectivity index (χ1n) is 5.79. The summed E-state index contributed by atoms with van der Waals surface area (Å²) in [5, 5.41) is 7.89. The van der Waals surface area contributed by atoms with Gasteiger partial charge < -0.3 is 9.84 Å². The molecule has 1 atom stereocenters. The molecule has 6 nitrogen and oxygen atoms in total. The van der Waals surface area contributed by atoms with E-state index in [0.29, 0.717) is 18.6 Å². The molecule has 0 saturated heterocycles. The lowest BCUT2D eigenvalue weighted by atomic mass is 10.4. The van der Waals surface area contributed by atoms with E-state index in [9.17, 15) is 9.59 Å². The summed E-state index contributed by atoms with van der Waals surface area (Å²) in [5.41, 5.74) is 0.473. The number of carbonyl (C=O) groups excluding carboxylic acids is 1. The maximum Gasteiger partial charge on any atom is 0.368 e. The van der Waals surface area contributed by atoms with Gasteiger partial charge in [0.15, 0.2) is 0 Å². The minimum absolute atomic E-state index is 0.176. The Balaban J connectivity index is 0. The number of aliphatic carboxylic acids is 1. The van der Waals surface area contributed by atoms with Crippen molar-refractivity contribution >= 4 is 11.9 Å². The first-order chi connectivity index (χ1) is 8.76. The minimum atomic E-state index is -0.935. The Kier molecular flexibility index (Phi) is 11.8. The van der Waals surface area contributed by atoms with Crippen molar-refractivity contribution in [3.63, 3.8) is 0 Å². The smallest absolute Gasteiger partial charge is 0.368 e. The molecule has 0 aromatic carbocycles. The fraction of sp³-hybridized carbons (Fsp3) is 0.538. The van der Waals surface area contributed by atoms with Gasteiger partial charge >= 0.3 is 11.9 Å². The zero-order valence-electron chi connectivity index (χ0n) is 11.9. The summed E-state index contributed by atoms with van der Waals surface area (Å²) in [5.74, 6) is -1.51. The van der Waals surface area contributed by atoms with Crippen molar-refractivity contribution in [3.05, 3.63) is 24.3 Å². The van der Waals surface area contributed by atoms with Crippen molar-refractivity contribution in [2.75, 3.05) is 6.61 Å². The minimum Gasteiger partial charge on any atom is -0.478 e. The van der Waals surface area contributed by atoms with Gasteiger partial charge in [-0.05, 0) is 27.2 Å². The zero-order valence-corrected chi connectivity index (χ0v) is 11.9. The van der Waals surface area contributed by atoms with E-state index in [-0.39, 0.29) is 5.57 Å². The Morgan fingerprint density at radius 2 is 1.63 bits per heavy atom. The van der Waals surface area contributed by atoms with Gasteiger partial charge in [-0.15, -0.1) is 0 Å². The molecule has 0 rings (SSSR count). The summed E-state index contributed by atoms with van der Waals surface area (Å²) in [6, 6.07) is 0. The maximum absolute atomic E-state index is 10.9. The van der Waals surface area contributed by atoms with Crippen LogP contribution in [0.1, 0.15) is 34.1 Å². The molecule has 1 unspecified atom stereocenters. The molecule has 0 amide bonds. The van der Waals surface area contributed by atoms with Gasteiger partial charge in [0.25, 0.3) is 0 Å². The molecule has 0 heterocycles. The second kappa shape index (κ2) is 11.4. The quantitative estimate of drug-likeness (QED) is 0.332. The highest BCUT2D eigenvalue weighted by molar-refractivity contribution is 5.86. The Hall–Kier alpha value is -1.66. The number of ether oxygens (including phenoxy) is 1. The molecule has 0 aliphatic rings. The molecular weight excluding hydrogens is 252 g/mol. The number of carboxylic acid groups (broad SMARTS) is 1. The lowest BCUT2D eigenvalue weighted by Crippen LogP contribution is -2.19. The van der Waals surface area contributed by atoms with Crippen LogP contribution in [0.25, 0.3) is 0 Å². The highest BCUT2D eigenvalue weighted by Gasteiger charge is 2.11. The van der Waals surface area contributed by atoms with E-state index in [2.05, 4.69) is 18.0 Å². The fourth-order valence-electron chi connectivity index (χ4n) is 0.568. The standard InChI is InChI=1S/C9H16O4.C4H6O2/c1-5-8(11-6-2)12-13-9(10)7(3)4;1-3(2)4(5)6/h8H,3,5-6H2,1-2,4H3;1H2,2H3,(H,5,6). The predicted octanol–water partition coefficient (Wildman–Crippen LogP) is 2.46. The van der Waals surface area contributed by atoms with Gasteiger partial charge in [-0.25, -0.2) is 9.59 Å². The molecule has 0 aliphatic heterocycles. The van der Waals surface area contributed by atoms with E-state index in [0.717, 1.165) is 0 Å². The second-order valence-corrected chi connectivity index (χ2v) is 3.63. The lowest BCUT2D eigenvalue weighted by Gasteiger charge is -2.13. The zero-order chi connectivity index (χ0) is 15.4. The molecule has 0 spiro atoms. The van der Waals surface area contributed by atoms with Crippen LogP contribution in [0, 0.1) is 0 Å². The third-order valence-corrected chi connectivity index (χ3v) is 1.63. The van der Waals surface area contributed by atoms with Crippen molar-refractivity contribution in [2.45, 2.75) is 40.4 Å². The Labute approximate surface area is 113 Å². The number of carboxylic acids is 1. The van der Waals surface area contributed by atoms with Gasteiger partial charge in [0.1, 0.15) is 0 Å². The van der Waals surface area contributed by atoms with E-state index in [1.807, 2.05) is 13.8 Å². The monoisotopic (exact) mass is 274 g/mol. The Morgan fingerprint density at radius 1 is 1.16 bits per heavy atom. The normalized spacial score (nSPS) is 10.7. The van der Waals surface area contributed by atoms with E-state index >= 15 is 0 Å². The van der Waals surface area contributed by atoms with Crippen LogP contribution < -0.4 is 0 Å².